The van der Waals surface area contributed by atoms with Crippen molar-refractivity contribution in [2.45, 2.75) is 0 Å². The van der Waals surface area contributed by atoms with Crippen LogP contribution in [0.4, 0.5) is 5.69 Å². The quantitative estimate of drug-likeness (QED) is 0.482. The van der Waals surface area contributed by atoms with Gasteiger partial charge in [-0.05, 0) is 56.1 Å². The van der Waals surface area contributed by atoms with Gasteiger partial charge in [-0.15, -0.1) is 0 Å². The number of nitrogens with zero attached hydrogens (tertiary/aromatic N) is 1. The average molecular weight is 437 g/mol. The van der Waals surface area contributed by atoms with Gasteiger partial charge < -0.3 is 10.2 Å². The number of anilines is 1. The smallest absolute Gasteiger partial charge is 0.227 e. The monoisotopic (exact) mass is 434 g/mol. The molecular formula is C13H6Br2Cl2N2O. The van der Waals surface area contributed by atoms with Gasteiger partial charge in [-0.25, -0.2) is 4.98 Å². The largest absolute Gasteiger partial charge is 0.435 e. The molecular weight excluding hydrogens is 431 g/mol. The first kappa shape index (κ1) is 14.2. The first-order valence-electron chi connectivity index (χ1n) is 5.46. The number of hydrogen-bond donors (Lipinski definition) is 1. The summed E-state index contributed by atoms with van der Waals surface area (Å²) >= 11 is 18.8. The van der Waals surface area contributed by atoms with Crippen LogP contribution < -0.4 is 5.73 Å². The number of benzene rings is 2. The minimum Gasteiger partial charge on any atom is -0.435 e. The molecule has 0 unspecified atom stereocenters. The number of oxazole rings is 1. The predicted octanol–water partition coefficient (Wildman–Crippen LogP) is 5.91. The van der Waals surface area contributed by atoms with Crippen LogP contribution in [0.3, 0.4) is 0 Å². The Hall–Kier alpha value is -0.750. The van der Waals surface area contributed by atoms with Crippen molar-refractivity contribution in [1.29, 1.82) is 0 Å². The van der Waals surface area contributed by atoms with E-state index < -0.39 is 0 Å². The Morgan fingerprint density at radius 3 is 2.35 bits per heavy atom. The normalized spacial score (nSPS) is 11.2. The fourth-order valence-corrected chi connectivity index (χ4v) is 3.52. The van der Waals surface area contributed by atoms with Gasteiger partial charge >= 0.3 is 0 Å². The number of nitrogens with two attached hydrogens (primary N) is 1. The summed E-state index contributed by atoms with van der Waals surface area (Å²) in [5, 5.41) is 1.05. The molecule has 3 rings (SSSR count). The molecule has 102 valence electrons. The van der Waals surface area contributed by atoms with Crippen molar-refractivity contribution in [3.63, 3.8) is 0 Å². The lowest BCUT2D eigenvalue weighted by Gasteiger charge is -2.00. The Bertz CT molecular complexity index is 813. The van der Waals surface area contributed by atoms with E-state index in [0.717, 1.165) is 4.47 Å². The Labute approximate surface area is 141 Å². The van der Waals surface area contributed by atoms with Gasteiger partial charge in [0.15, 0.2) is 5.58 Å². The van der Waals surface area contributed by atoms with E-state index in [1.165, 1.54) is 0 Å². The van der Waals surface area contributed by atoms with Crippen molar-refractivity contribution in [2.24, 2.45) is 0 Å². The second kappa shape index (κ2) is 5.22. The molecule has 0 aliphatic rings. The molecule has 3 nitrogen and oxygen atoms in total. The average Bonchev–Trinajstić information content (AvgIpc) is 2.79. The van der Waals surface area contributed by atoms with Gasteiger partial charge in [-0.2, -0.15) is 0 Å². The van der Waals surface area contributed by atoms with E-state index in [2.05, 4.69) is 36.8 Å². The zero-order valence-electron chi connectivity index (χ0n) is 9.75. The van der Waals surface area contributed by atoms with Crippen molar-refractivity contribution in [1.82, 2.24) is 4.98 Å². The lowest BCUT2D eigenvalue weighted by Crippen LogP contribution is -1.88. The molecule has 7 heteroatoms. The molecule has 0 fully saturated rings. The van der Waals surface area contributed by atoms with Gasteiger partial charge in [-0.1, -0.05) is 23.2 Å². The molecule has 0 aliphatic carbocycles. The minimum atomic E-state index is 0.433. The number of fused-ring (bicyclic) bond motifs is 1. The fourth-order valence-electron chi connectivity index (χ4n) is 1.81. The van der Waals surface area contributed by atoms with Crippen LogP contribution in [-0.2, 0) is 0 Å². The maximum atomic E-state index is 5.99. The molecule has 2 aromatic carbocycles. The number of hydrogen-bond acceptors (Lipinski definition) is 3. The Kier molecular flexibility index (Phi) is 3.71. The molecule has 0 amide bonds. The summed E-state index contributed by atoms with van der Waals surface area (Å²) in [5.74, 6) is 0.433. The van der Waals surface area contributed by atoms with Crippen LogP contribution in [-0.4, -0.2) is 4.98 Å². The highest BCUT2D eigenvalue weighted by Crippen LogP contribution is 2.38. The highest BCUT2D eigenvalue weighted by Gasteiger charge is 2.15. The third kappa shape index (κ3) is 2.44. The number of nitrogen functional groups attached to an aromatic ring is 1. The van der Waals surface area contributed by atoms with Crippen molar-refractivity contribution < 1.29 is 4.42 Å². The predicted molar refractivity (Wildman–Crippen MR) is 89.3 cm³/mol. The second-order valence-electron chi connectivity index (χ2n) is 4.11. The SMILES string of the molecule is Nc1c(Br)cc2nc(-c3cc(Cl)cc(Cl)c3)oc2c1Br. The highest BCUT2D eigenvalue weighted by molar-refractivity contribution is 9.11. The van der Waals surface area contributed by atoms with Crippen molar-refractivity contribution in [3.8, 4) is 11.5 Å². The van der Waals surface area contributed by atoms with Crippen LogP contribution in [0.2, 0.25) is 10.0 Å². The summed E-state index contributed by atoms with van der Waals surface area (Å²) in [5.41, 5.74) is 8.45. The standard InChI is InChI=1S/C13H6Br2Cl2N2O/c14-8-4-9-12(10(15)11(8)18)20-13(19-9)5-1-6(16)3-7(17)2-5/h1-4H,18H2. The van der Waals surface area contributed by atoms with E-state index in [1.54, 1.807) is 24.3 Å². The fraction of sp³-hybridized carbons (Fsp3) is 0. The molecule has 2 N–H and O–H groups in total. The van der Waals surface area contributed by atoms with Crippen LogP contribution >= 0.6 is 55.1 Å². The van der Waals surface area contributed by atoms with E-state index in [0.29, 0.717) is 42.8 Å². The number of halogens is 4. The van der Waals surface area contributed by atoms with Crippen LogP contribution in [0.1, 0.15) is 0 Å². The van der Waals surface area contributed by atoms with Gasteiger partial charge in [0.05, 0.1) is 10.2 Å². The van der Waals surface area contributed by atoms with E-state index in [9.17, 15) is 0 Å². The Morgan fingerprint density at radius 2 is 1.70 bits per heavy atom. The number of aromatic nitrogens is 1. The minimum absolute atomic E-state index is 0.433. The van der Waals surface area contributed by atoms with Crippen LogP contribution in [0, 0.1) is 0 Å². The molecule has 3 aromatic rings. The third-order valence-corrected chi connectivity index (χ3v) is 4.60. The summed E-state index contributed by atoms with van der Waals surface area (Å²) in [7, 11) is 0. The van der Waals surface area contributed by atoms with Crippen molar-refractivity contribution >= 4 is 71.8 Å². The lowest BCUT2D eigenvalue weighted by atomic mass is 10.2. The van der Waals surface area contributed by atoms with Gasteiger partial charge in [0.25, 0.3) is 0 Å². The van der Waals surface area contributed by atoms with Crippen LogP contribution in [0.25, 0.3) is 22.6 Å². The third-order valence-electron chi connectivity index (χ3n) is 2.72. The molecule has 1 heterocycles. The molecule has 0 atom stereocenters. The van der Waals surface area contributed by atoms with E-state index in [-0.39, 0.29) is 0 Å². The summed E-state index contributed by atoms with van der Waals surface area (Å²) in [6.45, 7) is 0. The Balaban J connectivity index is 2.25. The van der Waals surface area contributed by atoms with Crippen molar-refractivity contribution in [2.75, 3.05) is 5.73 Å². The molecule has 0 bridgehead atoms. The van der Waals surface area contributed by atoms with Crippen LogP contribution in [0.5, 0.6) is 0 Å². The maximum Gasteiger partial charge on any atom is 0.227 e. The van der Waals surface area contributed by atoms with E-state index in [1.807, 2.05) is 0 Å². The summed E-state index contributed by atoms with van der Waals surface area (Å²) in [4.78, 5) is 4.43. The summed E-state index contributed by atoms with van der Waals surface area (Å²) < 4.78 is 7.17. The summed E-state index contributed by atoms with van der Waals surface area (Å²) in [6, 6.07) is 6.93. The molecule has 0 spiro atoms. The highest BCUT2D eigenvalue weighted by atomic mass is 79.9. The second-order valence-corrected chi connectivity index (χ2v) is 6.63. The molecule has 0 saturated carbocycles. The van der Waals surface area contributed by atoms with Gasteiger partial charge in [-0.3, -0.25) is 0 Å². The van der Waals surface area contributed by atoms with Gasteiger partial charge in [0.2, 0.25) is 5.89 Å². The molecule has 0 aliphatic heterocycles. The maximum absolute atomic E-state index is 5.99. The zero-order valence-corrected chi connectivity index (χ0v) is 14.4. The van der Waals surface area contributed by atoms with Gasteiger partial charge in [0, 0.05) is 20.1 Å². The number of rotatable bonds is 1. The lowest BCUT2D eigenvalue weighted by molar-refractivity contribution is 0.618. The summed E-state index contributed by atoms with van der Waals surface area (Å²) in [6.07, 6.45) is 0. The van der Waals surface area contributed by atoms with Crippen LogP contribution in [0.15, 0.2) is 37.6 Å². The van der Waals surface area contributed by atoms with E-state index >= 15 is 0 Å². The molecule has 0 radical (unpaired) electrons. The van der Waals surface area contributed by atoms with Gasteiger partial charge in [0.1, 0.15) is 5.52 Å². The van der Waals surface area contributed by atoms with E-state index in [4.69, 9.17) is 33.4 Å². The first-order chi connectivity index (χ1) is 9.45. The topological polar surface area (TPSA) is 52.0 Å². The van der Waals surface area contributed by atoms with Crippen molar-refractivity contribution in [3.05, 3.63) is 43.3 Å². The Morgan fingerprint density at radius 1 is 1.05 bits per heavy atom. The zero-order chi connectivity index (χ0) is 14.4. The molecule has 1 aromatic heterocycles. The first-order valence-corrected chi connectivity index (χ1v) is 7.80. The molecule has 0 saturated heterocycles. The molecule has 20 heavy (non-hydrogen) atoms.